The molecule has 8 heteroatoms. The molecule has 0 saturated heterocycles. The maximum Gasteiger partial charge on any atom is 0.320 e. The summed E-state index contributed by atoms with van der Waals surface area (Å²) >= 11 is 6.39. The number of halogens is 4. The average Bonchev–Trinajstić information content (AvgIpc) is 2.48. The van der Waals surface area contributed by atoms with Gasteiger partial charge in [-0.05, 0) is 117 Å². The molecule has 0 amide bonds. The molecule has 0 saturated carbocycles. The maximum atomic E-state index is 14.4. The van der Waals surface area contributed by atoms with Crippen molar-refractivity contribution in [2.45, 2.75) is 19.4 Å². The van der Waals surface area contributed by atoms with Crippen LogP contribution in [0.5, 0.6) is 11.5 Å². The van der Waals surface area contributed by atoms with Crippen molar-refractivity contribution in [1.29, 1.82) is 0 Å². The van der Waals surface area contributed by atoms with Crippen molar-refractivity contribution in [3.8, 4) is 11.5 Å². The Morgan fingerprint density at radius 2 is 1.79 bits per heavy atom. The lowest BCUT2D eigenvalue weighted by atomic mass is 10.1. The molecule has 1 atom stereocenters. The molecule has 0 spiro atoms. The fourth-order valence-corrected chi connectivity index (χ4v) is 4.45. The molecule has 24 heavy (non-hydrogen) atoms. The molecule has 0 radical (unpaired) electrons. The summed E-state index contributed by atoms with van der Waals surface area (Å²) in [5.41, 5.74) is 7.17. The zero-order valence-electron chi connectivity index (χ0n) is 12.4. The van der Waals surface area contributed by atoms with Gasteiger partial charge in [-0.15, -0.1) is 0 Å². The predicted molar refractivity (Wildman–Crippen MR) is 115 cm³/mol. The monoisotopic (exact) mass is 667 g/mol. The van der Waals surface area contributed by atoms with Crippen molar-refractivity contribution >= 4 is 73.7 Å². The Hall–Kier alpha value is -0.210. The zero-order valence-corrected chi connectivity index (χ0v) is 18.9. The number of hydrogen-bond acceptors (Lipinski definition) is 3. The number of aliphatic carboxylic acids is 1. The van der Waals surface area contributed by atoms with Crippen LogP contribution < -0.4 is 10.5 Å². The van der Waals surface area contributed by atoms with Crippen molar-refractivity contribution in [2.75, 3.05) is 0 Å². The highest BCUT2D eigenvalue weighted by atomic mass is 127. The van der Waals surface area contributed by atoms with Crippen LogP contribution >= 0.6 is 67.8 Å². The standard InChI is InChI=1S/C16H13FI3NO3/c1-7-11(18)5-9(6-12(7)19)24-15-10(17)2-8(3-13(15)20)4-14(21)16(22)23/h2-3,5-6,14H,4,21H2,1H3,(H,22,23). The van der Waals surface area contributed by atoms with Crippen LogP contribution in [0, 0.1) is 23.5 Å². The molecular weight excluding hydrogens is 654 g/mol. The molecule has 0 bridgehead atoms. The van der Waals surface area contributed by atoms with Crippen LogP contribution in [-0.2, 0) is 11.2 Å². The van der Waals surface area contributed by atoms with Gasteiger partial charge in [-0.2, -0.15) is 0 Å². The minimum Gasteiger partial charge on any atom is -0.480 e. The first-order valence-corrected chi connectivity index (χ1v) is 10.0. The van der Waals surface area contributed by atoms with Gasteiger partial charge in [0.25, 0.3) is 0 Å². The summed E-state index contributed by atoms with van der Waals surface area (Å²) in [6, 6.07) is 5.59. The molecule has 0 aliphatic rings. The number of ether oxygens (including phenoxy) is 1. The number of hydrogen-bond donors (Lipinski definition) is 2. The Balaban J connectivity index is 2.30. The molecular formula is C16H13FI3NO3. The lowest BCUT2D eigenvalue weighted by Crippen LogP contribution is -2.32. The van der Waals surface area contributed by atoms with Crippen LogP contribution in [0.25, 0.3) is 0 Å². The normalized spacial score (nSPS) is 12.1. The fourth-order valence-electron chi connectivity index (χ4n) is 1.97. The molecule has 2 rings (SSSR count). The summed E-state index contributed by atoms with van der Waals surface area (Å²) < 4.78 is 22.8. The highest BCUT2D eigenvalue weighted by molar-refractivity contribution is 14.1. The maximum absolute atomic E-state index is 14.4. The second kappa shape index (κ2) is 8.45. The molecule has 4 nitrogen and oxygen atoms in total. The Morgan fingerprint density at radius 3 is 2.29 bits per heavy atom. The number of benzene rings is 2. The number of nitrogens with two attached hydrogens (primary N) is 1. The third kappa shape index (κ3) is 4.91. The lowest BCUT2D eigenvalue weighted by Gasteiger charge is -2.13. The van der Waals surface area contributed by atoms with Crippen molar-refractivity contribution < 1.29 is 19.0 Å². The molecule has 1 unspecified atom stereocenters. The van der Waals surface area contributed by atoms with Gasteiger partial charge in [0.2, 0.25) is 0 Å². The highest BCUT2D eigenvalue weighted by Gasteiger charge is 2.17. The van der Waals surface area contributed by atoms with Crippen LogP contribution in [0.15, 0.2) is 24.3 Å². The molecule has 0 heterocycles. The van der Waals surface area contributed by atoms with Gasteiger partial charge in [0.15, 0.2) is 11.6 Å². The predicted octanol–water partition coefficient (Wildman–Crippen LogP) is 4.69. The van der Waals surface area contributed by atoms with E-state index in [4.69, 9.17) is 15.6 Å². The quantitative estimate of drug-likeness (QED) is 0.455. The average molecular weight is 667 g/mol. The summed E-state index contributed by atoms with van der Waals surface area (Å²) in [5.74, 6) is -0.977. The second-order valence-corrected chi connectivity index (χ2v) is 8.64. The van der Waals surface area contributed by atoms with Crippen LogP contribution in [0.4, 0.5) is 4.39 Å². The molecule has 2 aromatic rings. The van der Waals surface area contributed by atoms with Crippen molar-refractivity contribution in [3.05, 3.63) is 51.9 Å². The van der Waals surface area contributed by atoms with Crippen LogP contribution in [0.1, 0.15) is 11.1 Å². The Bertz CT molecular complexity index is 752. The van der Waals surface area contributed by atoms with Gasteiger partial charge < -0.3 is 15.6 Å². The van der Waals surface area contributed by atoms with E-state index >= 15 is 0 Å². The Morgan fingerprint density at radius 1 is 1.21 bits per heavy atom. The SMILES string of the molecule is Cc1c(I)cc(Oc2c(F)cc(CC(N)C(=O)O)cc2I)cc1I. The summed E-state index contributed by atoms with van der Waals surface area (Å²) in [6.07, 6.45) is 0.0584. The summed E-state index contributed by atoms with van der Waals surface area (Å²) in [5, 5.41) is 8.86. The van der Waals surface area contributed by atoms with E-state index in [1.165, 1.54) is 6.07 Å². The van der Waals surface area contributed by atoms with Gasteiger partial charge in [0.1, 0.15) is 11.8 Å². The van der Waals surface area contributed by atoms with Crippen molar-refractivity contribution in [1.82, 2.24) is 0 Å². The third-order valence-electron chi connectivity index (χ3n) is 3.31. The molecule has 0 aromatic heterocycles. The Labute approximate surface area is 179 Å². The first kappa shape index (κ1) is 20.1. The number of rotatable bonds is 5. The van der Waals surface area contributed by atoms with E-state index in [1.54, 1.807) is 6.07 Å². The van der Waals surface area contributed by atoms with Gasteiger partial charge in [-0.1, -0.05) is 0 Å². The van der Waals surface area contributed by atoms with E-state index in [0.29, 0.717) is 14.9 Å². The van der Waals surface area contributed by atoms with E-state index in [9.17, 15) is 9.18 Å². The number of carbonyl (C=O) groups is 1. The van der Waals surface area contributed by atoms with E-state index in [1.807, 2.05) is 41.6 Å². The van der Waals surface area contributed by atoms with Crippen molar-refractivity contribution in [3.63, 3.8) is 0 Å². The third-order valence-corrected chi connectivity index (χ3v) is 6.35. The molecule has 0 fully saturated rings. The Kier molecular flexibility index (Phi) is 7.08. The topological polar surface area (TPSA) is 72.5 Å². The summed E-state index contributed by atoms with van der Waals surface area (Å²) in [4.78, 5) is 10.8. The van der Waals surface area contributed by atoms with Crippen molar-refractivity contribution in [2.24, 2.45) is 5.73 Å². The van der Waals surface area contributed by atoms with Gasteiger partial charge in [-0.25, -0.2) is 4.39 Å². The summed E-state index contributed by atoms with van der Waals surface area (Å²) in [6.45, 7) is 2.01. The molecule has 3 N–H and O–H groups in total. The molecule has 2 aromatic carbocycles. The van der Waals surface area contributed by atoms with Crippen LogP contribution in [0.2, 0.25) is 0 Å². The number of carboxylic acid groups (broad SMARTS) is 1. The van der Waals surface area contributed by atoms with Crippen LogP contribution in [-0.4, -0.2) is 17.1 Å². The smallest absolute Gasteiger partial charge is 0.320 e. The molecule has 0 aliphatic heterocycles. The van der Waals surface area contributed by atoms with E-state index < -0.39 is 17.8 Å². The summed E-state index contributed by atoms with van der Waals surface area (Å²) in [7, 11) is 0. The van der Waals surface area contributed by atoms with Gasteiger partial charge >= 0.3 is 5.97 Å². The fraction of sp³-hybridized carbons (Fsp3) is 0.188. The molecule has 0 aliphatic carbocycles. The minimum atomic E-state index is -1.12. The highest BCUT2D eigenvalue weighted by Crippen LogP contribution is 2.33. The first-order valence-electron chi connectivity index (χ1n) is 6.79. The van der Waals surface area contributed by atoms with Crippen LogP contribution in [0.3, 0.4) is 0 Å². The molecule has 128 valence electrons. The van der Waals surface area contributed by atoms with E-state index in [2.05, 4.69) is 45.2 Å². The minimum absolute atomic E-state index is 0.0584. The van der Waals surface area contributed by atoms with E-state index in [0.717, 1.165) is 12.7 Å². The van der Waals surface area contributed by atoms with Gasteiger partial charge in [0.05, 0.1) is 3.57 Å². The second-order valence-electron chi connectivity index (χ2n) is 5.15. The number of carboxylic acids is 1. The zero-order chi connectivity index (χ0) is 18.0. The van der Waals surface area contributed by atoms with E-state index in [-0.39, 0.29) is 12.2 Å². The van der Waals surface area contributed by atoms with Gasteiger partial charge in [0, 0.05) is 7.14 Å². The lowest BCUT2D eigenvalue weighted by molar-refractivity contribution is -0.138. The van der Waals surface area contributed by atoms with Gasteiger partial charge in [-0.3, -0.25) is 4.79 Å². The largest absolute Gasteiger partial charge is 0.480 e. The first-order chi connectivity index (χ1) is 11.2.